The van der Waals surface area contributed by atoms with Gasteiger partial charge in [0.25, 0.3) is 0 Å². The predicted molar refractivity (Wildman–Crippen MR) is 116 cm³/mol. The van der Waals surface area contributed by atoms with Crippen molar-refractivity contribution in [3.63, 3.8) is 0 Å². The number of hydrogen-bond acceptors (Lipinski definition) is 5. The van der Waals surface area contributed by atoms with Crippen LogP contribution < -0.4 is 11.0 Å². The molecule has 0 radical (unpaired) electrons. The van der Waals surface area contributed by atoms with Crippen LogP contribution in [0.3, 0.4) is 0 Å². The number of likely N-dealkylation sites (tertiary alicyclic amines) is 1. The first-order valence-electron chi connectivity index (χ1n) is 11.3. The van der Waals surface area contributed by atoms with Crippen LogP contribution in [-0.4, -0.2) is 56.1 Å². The van der Waals surface area contributed by atoms with E-state index in [2.05, 4.69) is 16.3 Å². The molecule has 9 nitrogen and oxygen atoms in total. The molecule has 1 saturated carbocycles. The van der Waals surface area contributed by atoms with E-state index in [0.29, 0.717) is 23.9 Å². The molecule has 1 unspecified atom stereocenters. The first kappa shape index (κ1) is 20.9. The summed E-state index contributed by atoms with van der Waals surface area (Å²) in [7, 11) is 1.72. The number of imide groups is 1. The fourth-order valence-corrected chi connectivity index (χ4v) is 5.55. The van der Waals surface area contributed by atoms with Gasteiger partial charge in [0.15, 0.2) is 0 Å². The van der Waals surface area contributed by atoms with Gasteiger partial charge in [-0.05, 0) is 68.8 Å². The number of aromatic nitrogens is 2. The number of piperidine rings is 2. The molecule has 1 aliphatic carbocycles. The lowest BCUT2D eigenvalue weighted by atomic mass is 9.78. The number of carbonyl (C=O) groups excluding carboxylic acids is 2. The Morgan fingerprint density at radius 2 is 1.78 bits per heavy atom. The Morgan fingerprint density at radius 3 is 2.44 bits per heavy atom. The van der Waals surface area contributed by atoms with Crippen molar-refractivity contribution < 1.29 is 19.5 Å². The number of amides is 2. The number of carbonyl (C=O) groups is 3. The Kier molecular flexibility index (Phi) is 5.16. The van der Waals surface area contributed by atoms with Crippen molar-refractivity contribution in [3.8, 4) is 0 Å². The number of nitrogens with one attached hydrogen (secondary N) is 1. The quantitative estimate of drug-likeness (QED) is 0.694. The highest BCUT2D eigenvalue weighted by atomic mass is 16.4. The van der Waals surface area contributed by atoms with E-state index >= 15 is 0 Å². The second-order valence-electron chi connectivity index (χ2n) is 9.40. The van der Waals surface area contributed by atoms with Gasteiger partial charge in [0, 0.05) is 19.5 Å². The minimum absolute atomic E-state index is 0.185. The highest BCUT2D eigenvalue weighted by Gasteiger charge is 2.39. The highest BCUT2D eigenvalue weighted by Crippen LogP contribution is 2.37. The van der Waals surface area contributed by atoms with Crippen LogP contribution in [-0.2, 0) is 21.4 Å². The van der Waals surface area contributed by atoms with Gasteiger partial charge < -0.3 is 10.0 Å². The maximum atomic E-state index is 12.9. The molecule has 3 fully saturated rings. The lowest BCUT2D eigenvalue weighted by molar-refractivity contribution is -0.147. The molecule has 9 heteroatoms. The molecule has 3 heterocycles. The molecule has 1 aromatic heterocycles. The molecule has 2 saturated heterocycles. The third-order valence-electron chi connectivity index (χ3n) is 7.61. The van der Waals surface area contributed by atoms with Crippen LogP contribution in [0.15, 0.2) is 23.0 Å². The van der Waals surface area contributed by atoms with E-state index in [1.165, 1.54) is 10.1 Å². The van der Waals surface area contributed by atoms with Crippen molar-refractivity contribution in [2.75, 3.05) is 13.1 Å². The first-order chi connectivity index (χ1) is 15.3. The molecule has 1 aromatic carbocycles. The van der Waals surface area contributed by atoms with Gasteiger partial charge in [0.1, 0.15) is 6.04 Å². The summed E-state index contributed by atoms with van der Waals surface area (Å²) in [6.45, 7) is 1.91. The van der Waals surface area contributed by atoms with Gasteiger partial charge in [-0.25, -0.2) is 4.79 Å². The Bertz CT molecular complexity index is 1150. The number of nitrogens with zero attached hydrogens (tertiary/aromatic N) is 3. The molecular weight excluding hydrogens is 412 g/mol. The number of imidazole rings is 1. The van der Waals surface area contributed by atoms with E-state index in [9.17, 15) is 19.2 Å². The number of fused-ring (bicyclic) bond motifs is 1. The van der Waals surface area contributed by atoms with Crippen LogP contribution in [0.4, 0.5) is 0 Å². The summed E-state index contributed by atoms with van der Waals surface area (Å²) < 4.78 is 3.09. The van der Waals surface area contributed by atoms with Crippen molar-refractivity contribution in [3.05, 3.63) is 34.2 Å². The van der Waals surface area contributed by atoms with Gasteiger partial charge in [0.2, 0.25) is 11.8 Å². The van der Waals surface area contributed by atoms with Gasteiger partial charge in [-0.2, -0.15) is 0 Å². The van der Waals surface area contributed by atoms with Gasteiger partial charge >= 0.3 is 11.7 Å². The van der Waals surface area contributed by atoms with E-state index < -0.39 is 17.9 Å². The summed E-state index contributed by atoms with van der Waals surface area (Å²) in [4.78, 5) is 50.3. The molecule has 3 aliphatic rings. The van der Waals surface area contributed by atoms with Crippen molar-refractivity contribution in [1.82, 2.24) is 19.4 Å². The van der Waals surface area contributed by atoms with Crippen LogP contribution in [0.5, 0.6) is 0 Å². The number of benzene rings is 1. The van der Waals surface area contributed by atoms with E-state index in [0.717, 1.165) is 44.3 Å². The zero-order valence-corrected chi connectivity index (χ0v) is 18.1. The van der Waals surface area contributed by atoms with E-state index in [-0.39, 0.29) is 23.9 Å². The summed E-state index contributed by atoms with van der Waals surface area (Å²) in [6.07, 6.45) is 4.06. The standard InChI is InChI=1S/C23H28N4O5/c1-25-19-12-14(13-6-8-26(9-7-13)16-10-15(11-16)22(30)31)2-3-17(19)27(23(25)32)18-4-5-20(28)24-21(18)29/h2-3,12-13,15-16,18H,4-11H2,1H3,(H,30,31)(H,24,28,29). The summed E-state index contributed by atoms with van der Waals surface area (Å²) >= 11 is 0. The monoisotopic (exact) mass is 440 g/mol. The number of aliphatic carboxylic acids is 1. The summed E-state index contributed by atoms with van der Waals surface area (Å²) in [5.74, 6) is -1.20. The molecule has 0 spiro atoms. The third-order valence-corrected chi connectivity index (χ3v) is 7.61. The highest BCUT2D eigenvalue weighted by molar-refractivity contribution is 6.00. The SMILES string of the molecule is Cn1c(=O)n(C2CCC(=O)NC2=O)c2ccc(C3CCN(C4CC(C(=O)O)C4)CC3)cc21. The molecular formula is C23H28N4O5. The Balaban J connectivity index is 1.33. The van der Waals surface area contributed by atoms with Crippen molar-refractivity contribution in [2.24, 2.45) is 13.0 Å². The van der Waals surface area contributed by atoms with E-state index in [4.69, 9.17) is 5.11 Å². The third kappa shape index (κ3) is 3.44. The fourth-order valence-electron chi connectivity index (χ4n) is 5.55. The average molecular weight is 441 g/mol. The smallest absolute Gasteiger partial charge is 0.329 e. The largest absolute Gasteiger partial charge is 0.481 e. The van der Waals surface area contributed by atoms with Crippen LogP contribution in [0, 0.1) is 5.92 Å². The van der Waals surface area contributed by atoms with Gasteiger partial charge in [-0.3, -0.25) is 28.8 Å². The van der Waals surface area contributed by atoms with Crippen LogP contribution >= 0.6 is 0 Å². The molecule has 2 N–H and O–H groups in total. The van der Waals surface area contributed by atoms with Crippen molar-refractivity contribution >= 4 is 28.8 Å². The molecule has 2 aliphatic heterocycles. The molecule has 2 aromatic rings. The van der Waals surface area contributed by atoms with E-state index in [1.807, 2.05) is 12.1 Å². The number of carboxylic acids is 1. The normalized spacial score (nSPS) is 27.3. The topological polar surface area (TPSA) is 114 Å². The number of carboxylic acid groups (broad SMARTS) is 1. The summed E-state index contributed by atoms with van der Waals surface area (Å²) in [5.41, 5.74) is 2.44. The second-order valence-corrected chi connectivity index (χ2v) is 9.40. The molecule has 32 heavy (non-hydrogen) atoms. The lowest BCUT2D eigenvalue weighted by Gasteiger charge is -2.44. The number of rotatable bonds is 4. The molecule has 1 atom stereocenters. The second kappa shape index (κ2) is 7.88. The van der Waals surface area contributed by atoms with E-state index in [1.54, 1.807) is 11.6 Å². The van der Waals surface area contributed by atoms with Gasteiger partial charge in [-0.15, -0.1) is 0 Å². The Hall–Kier alpha value is -2.94. The zero-order valence-electron chi connectivity index (χ0n) is 18.1. The molecule has 0 bridgehead atoms. The van der Waals surface area contributed by atoms with Gasteiger partial charge in [-0.1, -0.05) is 6.07 Å². The minimum Gasteiger partial charge on any atom is -0.481 e. The van der Waals surface area contributed by atoms with Crippen molar-refractivity contribution in [2.45, 2.75) is 56.5 Å². The molecule has 2 amide bonds. The summed E-state index contributed by atoms with van der Waals surface area (Å²) in [6, 6.07) is 5.75. The van der Waals surface area contributed by atoms with Crippen LogP contribution in [0.1, 0.15) is 56.0 Å². The zero-order chi connectivity index (χ0) is 22.6. The van der Waals surface area contributed by atoms with Crippen LogP contribution in [0.2, 0.25) is 0 Å². The predicted octanol–water partition coefficient (Wildman–Crippen LogP) is 1.36. The average Bonchev–Trinajstić information content (AvgIpc) is 2.97. The molecule has 5 rings (SSSR count). The minimum atomic E-state index is -0.681. The Morgan fingerprint density at radius 1 is 1.06 bits per heavy atom. The lowest BCUT2D eigenvalue weighted by Crippen LogP contribution is -2.49. The maximum Gasteiger partial charge on any atom is 0.329 e. The Labute approximate surface area is 185 Å². The molecule has 170 valence electrons. The van der Waals surface area contributed by atoms with Gasteiger partial charge in [0.05, 0.1) is 17.0 Å². The first-order valence-corrected chi connectivity index (χ1v) is 11.3. The van der Waals surface area contributed by atoms with Crippen LogP contribution in [0.25, 0.3) is 11.0 Å². The maximum absolute atomic E-state index is 12.9. The summed E-state index contributed by atoms with van der Waals surface area (Å²) in [5, 5.41) is 11.4. The number of aryl methyl sites for hydroxylation is 1. The number of hydrogen-bond donors (Lipinski definition) is 2. The van der Waals surface area contributed by atoms with Crippen molar-refractivity contribution in [1.29, 1.82) is 0 Å². The fraction of sp³-hybridized carbons (Fsp3) is 0.565.